The lowest BCUT2D eigenvalue weighted by Gasteiger charge is -2.09. The van der Waals surface area contributed by atoms with Gasteiger partial charge in [-0.3, -0.25) is 9.78 Å². The standard InChI is InChI=1S/C9H10ClFN4O.ClH/c10-7-3-12-4-8(14-7)15-9(16)6-1-5(11)2-13-6;/h3-6,13H,1-2H2,(H,14,15,16);1H. The lowest BCUT2D eigenvalue weighted by molar-refractivity contribution is -0.117. The quantitative estimate of drug-likeness (QED) is 0.854. The minimum atomic E-state index is -0.971. The van der Waals surface area contributed by atoms with Crippen molar-refractivity contribution in [2.75, 3.05) is 11.9 Å². The Balaban J connectivity index is 0.00000144. The van der Waals surface area contributed by atoms with E-state index in [1.165, 1.54) is 12.4 Å². The van der Waals surface area contributed by atoms with E-state index in [9.17, 15) is 9.18 Å². The summed E-state index contributed by atoms with van der Waals surface area (Å²) < 4.78 is 12.8. The van der Waals surface area contributed by atoms with E-state index in [0.717, 1.165) is 0 Å². The van der Waals surface area contributed by atoms with Crippen LogP contribution in [-0.4, -0.2) is 34.6 Å². The van der Waals surface area contributed by atoms with Crippen molar-refractivity contribution in [3.05, 3.63) is 17.5 Å². The fourth-order valence-corrected chi connectivity index (χ4v) is 1.66. The second-order valence-corrected chi connectivity index (χ2v) is 3.90. The van der Waals surface area contributed by atoms with Crippen molar-refractivity contribution in [2.24, 2.45) is 0 Å². The molecule has 2 heterocycles. The van der Waals surface area contributed by atoms with Gasteiger partial charge < -0.3 is 10.6 Å². The fourth-order valence-electron chi connectivity index (χ4n) is 1.51. The molecule has 0 spiro atoms. The van der Waals surface area contributed by atoms with Crippen LogP contribution in [0.1, 0.15) is 6.42 Å². The fraction of sp³-hybridized carbons (Fsp3) is 0.444. The summed E-state index contributed by atoms with van der Waals surface area (Å²) >= 11 is 5.61. The maximum atomic E-state index is 12.8. The Kier molecular flexibility index (Phi) is 5.04. The van der Waals surface area contributed by atoms with Gasteiger partial charge >= 0.3 is 0 Å². The molecule has 1 aliphatic rings. The van der Waals surface area contributed by atoms with Crippen LogP contribution in [0, 0.1) is 0 Å². The summed E-state index contributed by atoms with van der Waals surface area (Å²) in [6.07, 6.45) is 1.95. The first-order valence-corrected chi connectivity index (χ1v) is 5.19. The number of nitrogens with zero attached hydrogens (tertiary/aromatic N) is 2. The van der Waals surface area contributed by atoms with Crippen LogP contribution in [0.4, 0.5) is 10.2 Å². The van der Waals surface area contributed by atoms with Crippen molar-refractivity contribution in [1.82, 2.24) is 15.3 Å². The number of anilines is 1. The summed E-state index contributed by atoms with van der Waals surface area (Å²) in [7, 11) is 0. The average Bonchev–Trinajstić information content (AvgIpc) is 2.65. The molecule has 2 N–H and O–H groups in total. The van der Waals surface area contributed by atoms with Crippen LogP contribution in [0.25, 0.3) is 0 Å². The molecule has 0 radical (unpaired) electrons. The molecule has 1 fully saturated rings. The van der Waals surface area contributed by atoms with Crippen molar-refractivity contribution >= 4 is 35.7 Å². The first-order chi connectivity index (χ1) is 7.65. The van der Waals surface area contributed by atoms with Gasteiger partial charge in [0.2, 0.25) is 5.91 Å². The molecule has 1 amide bonds. The minimum Gasteiger partial charge on any atom is -0.308 e. The molecule has 0 bridgehead atoms. The van der Waals surface area contributed by atoms with Crippen molar-refractivity contribution in [3.63, 3.8) is 0 Å². The number of hydrogen-bond acceptors (Lipinski definition) is 4. The molecule has 94 valence electrons. The van der Waals surface area contributed by atoms with E-state index in [1.54, 1.807) is 0 Å². The third-order valence-corrected chi connectivity index (χ3v) is 2.43. The summed E-state index contributed by atoms with van der Waals surface area (Å²) in [6, 6.07) is -0.518. The predicted molar refractivity (Wildman–Crippen MR) is 64.2 cm³/mol. The molecule has 2 unspecified atom stereocenters. The van der Waals surface area contributed by atoms with Gasteiger partial charge in [0.05, 0.1) is 18.4 Å². The Labute approximate surface area is 109 Å². The molecule has 2 atom stereocenters. The minimum absolute atomic E-state index is 0. The third-order valence-electron chi connectivity index (χ3n) is 2.25. The van der Waals surface area contributed by atoms with Gasteiger partial charge in [0.1, 0.15) is 11.3 Å². The summed E-state index contributed by atoms with van der Waals surface area (Å²) in [5, 5.41) is 5.49. The Morgan fingerprint density at radius 1 is 1.59 bits per heavy atom. The highest BCUT2D eigenvalue weighted by molar-refractivity contribution is 6.29. The summed E-state index contributed by atoms with van der Waals surface area (Å²) in [6.45, 7) is 0.208. The molecular weight excluding hydrogens is 270 g/mol. The smallest absolute Gasteiger partial charge is 0.242 e. The molecule has 0 aliphatic carbocycles. The van der Waals surface area contributed by atoms with Crippen LogP contribution in [0.5, 0.6) is 0 Å². The number of halogens is 3. The molecular formula is C9H11Cl2FN4O. The van der Waals surface area contributed by atoms with E-state index in [4.69, 9.17) is 11.6 Å². The molecule has 1 aliphatic heterocycles. The molecule has 1 aromatic heterocycles. The van der Waals surface area contributed by atoms with Crippen LogP contribution in [0.15, 0.2) is 12.4 Å². The van der Waals surface area contributed by atoms with Crippen LogP contribution < -0.4 is 10.6 Å². The molecule has 0 saturated carbocycles. The zero-order valence-corrected chi connectivity index (χ0v) is 10.3. The van der Waals surface area contributed by atoms with Gasteiger partial charge in [-0.15, -0.1) is 12.4 Å². The maximum Gasteiger partial charge on any atom is 0.242 e. The number of carbonyl (C=O) groups is 1. The Morgan fingerprint density at radius 2 is 2.35 bits per heavy atom. The molecule has 17 heavy (non-hydrogen) atoms. The van der Waals surface area contributed by atoms with Crippen LogP contribution >= 0.6 is 24.0 Å². The van der Waals surface area contributed by atoms with Gasteiger partial charge in [-0.05, 0) is 0 Å². The molecule has 8 heteroatoms. The third kappa shape index (κ3) is 3.76. The Morgan fingerprint density at radius 3 is 2.94 bits per heavy atom. The highest BCUT2D eigenvalue weighted by atomic mass is 35.5. The van der Waals surface area contributed by atoms with Crippen molar-refractivity contribution in [3.8, 4) is 0 Å². The molecule has 0 aromatic carbocycles. The van der Waals surface area contributed by atoms with Gasteiger partial charge in [0.15, 0.2) is 5.82 Å². The number of amides is 1. The predicted octanol–water partition coefficient (Wildman–Crippen LogP) is 1.19. The molecule has 1 aromatic rings. The number of alkyl halides is 1. The van der Waals surface area contributed by atoms with Gasteiger partial charge in [-0.1, -0.05) is 11.6 Å². The van der Waals surface area contributed by atoms with Gasteiger partial charge in [0, 0.05) is 13.0 Å². The zero-order valence-electron chi connectivity index (χ0n) is 8.69. The zero-order chi connectivity index (χ0) is 11.5. The first-order valence-electron chi connectivity index (χ1n) is 4.81. The largest absolute Gasteiger partial charge is 0.308 e. The summed E-state index contributed by atoms with van der Waals surface area (Å²) in [5.74, 6) is -0.0571. The number of hydrogen-bond donors (Lipinski definition) is 2. The Bertz CT molecular complexity index is 406. The van der Waals surface area contributed by atoms with Crippen molar-refractivity contribution < 1.29 is 9.18 Å². The van der Waals surface area contributed by atoms with E-state index >= 15 is 0 Å². The molecule has 5 nitrogen and oxygen atoms in total. The number of nitrogens with one attached hydrogen (secondary N) is 2. The van der Waals surface area contributed by atoms with Crippen LogP contribution in [0.3, 0.4) is 0 Å². The van der Waals surface area contributed by atoms with Crippen LogP contribution in [0.2, 0.25) is 5.15 Å². The van der Waals surface area contributed by atoms with E-state index in [1.807, 2.05) is 0 Å². The Hall–Kier alpha value is -0.980. The monoisotopic (exact) mass is 280 g/mol. The van der Waals surface area contributed by atoms with Gasteiger partial charge in [-0.25, -0.2) is 9.37 Å². The van der Waals surface area contributed by atoms with Gasteiger partial charge in [0.25, 0.3) is 0 Å². The SMILES string of the molecule is Cl.O=C(Nc1cncc(Cl)n1)C1CC(F)CN1. The van der Waals surface area contributed by atoms with Crippen LogP contribution in [-0.2, 0) is 4.79 Å². The van der Waals surface area contributed by atoms with Crippen molar-refractivity contribution in [1.29, 1.82) is 0 Å². The lowest BCUT2D eigenvalue weighted by Crippen LogP contribution is -2.35. The molecule has 1 saturated heterocycles. The summed E-state index contributed by atoms with van der Waals surface area (Å²) in [4.78, 5) is 19.2. The number of aromatic nitrogens is 2. The highest BCUT2D eigenvalue weighted by Gasteiger charge is 2.29. The second-order valence-electron chi connectivity index (χ2n) is 3.51. The number of rotatable bonds is 2. The molecule has 2 rings (SSSR count). The second kappa shape index (κ2) is 6.09. The number of carbonyl (C=O) groups excluding carboxylic acids is 1. The van der Waals surface area contributed by atoms with E-state index in [-0.39, 0.29) is 42.3 Å². The van der Waals surface area contributed by atoms with Crippen molar-refractivity contribution in [2.45, 2.75) is 18.6 Å². The normalized spacial score (nSPS) is 22.9. The topological polar surface area (TPSA) is 66.9 Å². The van der Waals surface area contributed by atoms with E-state index in [0.29, 0.717) is 0 Å². The average molecular weight is 281 g/mol. The lowest BCUT2D eigenvalue weighted by atomic mass is 10.2. The van der Waals surface area contributed by atoms with E-state index in [2.05, 4.69) is 20.6 Å². The summed E-state index contributed by atoms with van der Waals surface area (Å²) in [5.41, 5.74) is 0. The van der Waals surface area contributed by atoms with E-state index < -0.39 is 12.2 Å². The van der Waals surface area contributed by atoms with Gasteiger partial charge in [-0.2, -0.15) is 0 Å². The highest BCUT2D eigenvalue weighted by Crippen LogP contribution is 2.12. The maximum absolute atomic E-state index is 12.8. The first kappa shape index (κ1) is 14.1.